The zero-order valence-electron chi connectivity index (χ0n) is 10.7. The van der Waals surface area contributed by atoms with Gasteiger partial charge in [-0.2, -0.15) is 0 Å². The fourth-order valence-corrected chi connectivity index (χ4v) is 2.33. The van der Waals surface area contributed by atoms with E-state index in [1.807, 2.05) is 12.1 Å². The van der Waals surface area contributed by atoms with Crippen LogP contribution in [0, 0.1) is 0 Å². The largest absolute Gasteiger partial charge is 0.497 e. The molecule has 17 heavy (non-hydrogen) atoms. The van der Waals surface area contributed by atoms with Crippen LogP contribution in [-0.4, -0.2) is 26.2 Å². The summed E-state index contributed by atoms with van der Waals surface area (Å²) in [4.78, 5) is 0. The molecule has 94 valence electrons. The van der Waals surface area contributed by atoms with Gasteiger partial charge in [0.15, 0.2) is 0 Å². The quantitative estimate of drug-likeness (QED) is 0.837. The van der Waals surface area contributed by atoms with Crippen molar-refractivity contribution < 1.29 is 4.74 Å². The van der Waals surface area contributed by atoms with E-state index in [1.165, 1.54) is 18.4 Å². The van der Waals surface area contributed by atoms with Crippen LogP contribution in [0.5, 0.6) is 5.75 Å². The molecule has 0 bridgehead atoms. The number of hydrogen-bond acceptors (Lipinski definition) is 3. The third-order valence-corrected chi connectivity index (χ3v) is 3.44. The summed E-state index contributed by atoms with van der Waals surface area (Å²) in [6.07, 6.45) is 2.45. The average Bonchev–Trinajstić information content (AvgIpc) is 2.40. The lowest BCUT2D eigenvalue weighted by Crippen LogP contribution is -2.40. The van der Waals surface area contributed by atoms with Crippen LogP contribution in [0.15, 0.2) is 24.3 Å². The molecule has 1 fully saturated rings. The molecule has 1 saturated heterocycles. The molecule has 0 unspecified atom stereocenters. The fourth-order valence-electron chi connectivity index (χ4n) is 2.33. The minimum Gasteiger partial charge on any atom is -0.497 e. The maximum atomic E-state index is 5.17. The van der Waals surface area contributed by atoms with Gasteiger partial charge in [0.2, 0.25) is 0 Å². The normalized spacial score (nSPS) is 18.9. The summed E-state index contributed by atoms with van der Waals surface area (Å²) in [5, 5.41) is 7.08. The highest BCUT2D eigenvalue weighted by Crippen LogP contribution is 2.18. The van der Waals surface area contributed by atoms with E-state index in [-0.39, 0.29) is 0 Å². The Morgan fingerprint density at radius 1 is 1.24 bits per heavy atom. The minimum atomic E-state index is 0.406. The van der Waals surface area contributed by atoms with Crippen LogP contribution in [0.1, 0.15) is 31.4 Å². The van der Waals surface area contributed by atoms with Crippen LogP contribution in [0.25, 0.3) is 0 Å². The van der Waals surface area contributed by atoms with Crippen LogP contribution >= 0.6 is 0 Å². The van der Waals surface area contributed by atoms with E-state index in [2.05, 4.69) is 29.7 Å². The average molecular weight is 234 g/mol. The maximum absolute atomic E-state index is 5.17. The Morgan fingerprint density at radius 2 is 1.88 bits per heavy atom. The summed E-state index contributed by atoms with van der Waals surface area (Å²) >= 11 is 0. The first kappa shape index (κ1) is 12.4. The first-order valence-electron chi connectivity index (χ1n) is 6.40. The van der Waals surface area contributed by atoms with E-state index in [0.29, 0.717) is 12.1 Å². The van der Waals surface area contributed by atoms with Gasteiger partial charge in [0.25, 0.3) is 0 Å². The molecule has 1 heterocycles. The van der Waals surface area contributed by atoms with E-state index < -0.39 is 0 Å². The Kier molecular flexibility index (Phi) is 4.40. The highest BCUT2D eigenvalue weighted by Gasteiger charge is 2.15. The lowest BCUT2D eigenvalue weighted by molar-refractivity contribution is 0.359. The zero-order valence-corrected chi connectivity index (χ0v) is 10.7. The second-order valence-corrected chi connectivity index (χ2v) is 4.69. The van der Waals surface area contributed by atoms with Crippen LogP contribution in [0.3, 0.4) is 0 Å². The Balaban J connectivity index is 1.91. The SMILES string of the molecule is COc1ccc([C@H](C)NC2CCNCC2)cc1. The number of rotatable bonds is 4. The summed E-state index contributed by atoms with van der Waals surface area (Å²) in [5.74, 6) is 0.919. The van der Waals surface area contributed by atoms with E-state index >= 15 is 0 Å². The molecule has 1 aromatic carbocycles. The van der Waals surface area contributed by atoms with Crippen molar-refractivity contribution in [2.45, 2.75) is 31.8 Å². The van der Waals surface area contributed by atoms with E-state index in [9.17, 15) is 0 Å². The number of nitrogens with one attached hydrogen (secondary N) is 2. The molecule has 2 N–H and O–H groups in total. The Labute approximate surface area is 104 Å². The van der Waals surface area contributed by atoms with Gasteiger partial charge in [-0.3, -0.25) is 0 Å². The molecule has 3 nitrogen and oxygen atoms in total. The van der Waals surface area contributed by atoms with Crippen molar-refractivity contribution >= 4 is 0 Å². The van der Waals surface area contributed by atoms with Crippen molar-refractivity contribution in [3.63, 3.8) is 0 Å². The number of benzene rings is 1. The number of methoxy groups -OCH3 is 1. The topological polar surface area (TPSA) is 33.3 Å². The van der Waals surface area contributed by atoms with Gasteiger partial charge in [-0.25, -0.2) is 0 Å². The zero-order chi connectivity index (χ0) is 12.1. The highest BCUT2D eigenvalue weighted by atomic mass is 16.5. The van der Waals surface area contributed by atoms with Crippen LogP contribution in [-0.2, 0) is 0 Å². The third-order valence-electron chi connectivity index (χ3n) is 3.44. The van der Waals surface area contributed by atoms with Crippen molar-refractivity contribution in [2.75, 3.05) is 20.2 Å². The first-order valence-corrected chi connectivity index (χ1v) is 6.40. The molecule has 1 aliphatic heterocycles. The molecule has 0 amide bonds. The molecule has 1 aromatic rings. The molecular formula is C14H22N2O. The van der Waals surface area contributed by atoms with Gasteiger partial charge < -0.3 is 15.4 Å². The lowest BCUT2D eigenvalue weighted by Gasteiger charge is -2.27. The molecule has 1 atom stereocenters. The van der Waals surface area contributed by atoms with Crippen molar-refractivity contribution in [3.05, 3.63) is 29.8 Å². The second-order valence-electron chi connectivity index (χ2n) is 4.69. The predicted molar refractivity (Wildman–Crippen MR) is 70.4 cm³/mol. The number of hydrogen-bond donors (Lipinski definition) is 2. The standard InChI is InChI=1S/C14H22N2O/c1-11(16-13-7-9-15-10-8-13)12-3-5-14(17-2)6-4-12/h3-6,11,13,15-16H,7-10H2,1-2H3/t11-/m0/s1. The van der Waals surface area contributed by atoms with Gasteiger partial charge >= 0.3 is 0 Å². The van der Waals surface area contributed by atoms with Crippen LogP contribution in [0.4, 0.5) is 0 Å². The summed E-state index contributed by atoms with van der Waals surface area (Å²) < 4.78 is 5.17. The lowest BCUT2D eigenvalue weighted by atomic mass is 10.0. The predicted octanol–water partition coefficient (Wildman–Crippen LogP) is 2.10. The van der Waals surface area contributed by atoms with Crippen molar-refractivity contribution in [3.8, 4) is 5.75 Å². The van der Waals surface area contributed by atoms with Gasteiger partial charge in [0.1, 0.15) is 5.75 Å². The van der Waals surface area contributed by atoms with Gasteiger partial charge in [-0.05, 0) is 50.6 Å². The van der Waals surface area contributed by atoms with E-state index in [0.717, 1.165) is 18.8 Å². The van der Waals surface area contributed by atoms with E-state index in [4.69, 9.17) is 4.74 Å². The summed E-state index contributed by atoms with van der Waals surface area (Å²) in [7, 11) is 1.70. The van der Waals surface area contributed by atoms with Crippen molar-refractivity contribution in [1.29, 1.82) is 0 Å². The van der Waals surface area contributed by atoms with Crippen molar-refractivity contribution in [1.82, 2.24) is 10.6 Å². The van der Waals surface area contributed by atoms with Crippen LogP contribution < -0.4 is 15.4 Å². The molecule has 1 aliphatic rings. The summed E-state index contributed by atoms with van der Waals surface area (Å²) in [6.45, 7) is 4.49. The molecule has 0 aromatic heterocycles. The molecule has 3 heteroatoms. The van der Waals surface area contributed by atoms with Gasteiger partial charge in [0.05, 0.1) is 7.11 Å². The number of ether oxygens (including phenoxy) is 1. The smallest absolute Gasteiger partial charge is 0.118 e. The Hall–Kier alpha value is -1.06. The molecule has 0 spiro atoms. The van der Waals surface area contributed by atoms with E-state index in [1.54, 1.807) is 7.11 Å². The molecule has 0 radical (unpaired) electrons. The third kappa shape index (κ3) is 3.45. The van der Waals surface area contributed by atoms with Crippen LogP contribution in [0.2, 0.25) is 0 Å². The highest BCUT2D eigenvalue weighted by molar-refractivity contribution is 5.28. The summed E-state index contributed by atoms with van der Waals surface area (Å²) in [5.41, 5.74) is 1.32. The van der Waals surface area contributed by atoms with Gasteiger partial charge in [-0.1, -0.05) is 12.1 Å². The summed E-state index contributed by atoms with van der Waals surface area (Å²) in [6, 6.07) is 9.37. The Morgan fingerprint density at radius 3 is 2.47 bits per heavy atom. The van der Waals surface area contributed by atoms with Gasteiger partial charge in [0, 0.05) is 12.1 Å². The van der Waals surface area contributed by atoms with Gasteiger partial charge in [-0.15, -0.1) is 0 Å². The first-order chi connectivity index (χ1) is 8.29. The molecular weight excluding hydrogens is 212 g/mol. The molecule has 0 saturated carbocycles. The van der Waals surface area contributed by atoms with Crippen molar-refractivity contribution in [2.24, 2.45) is 0 Å². The minimum absolute atomic E-state index is 0.406. The second kappa shape index (κ2) is 6.03. The monoisotopic (exact) mass is 234 g/mol. The maximum Gasteiger partial charge on any atom is 0.118 e. The number of piperidine rings is 1. The Bertz CT molecular complexity index is 331. The fraction of sp³-hybridized carbons (Fsp3) is 0.571. The molecule has 2 rings (SSSR count). The molecule has 0 aliphatic carbocycles.